The van der Waals surface area contributed by atoms with Gasteiger partial charge in [0.2, 0.25) is 0 Å². The van der Waals surface area contributed by atoms with Crippen molar-refractivity contribution in [3.63, 3.8) is 0 Å². The lowest BCUT2D eigenvalue weighted by molar-refractivity contribution is 0.173. The molecule has 0 spiro atoms. The summed E-state index contributed by atoms with van der Waals surface area (Å²) in [7, 11) is -1.02. The van der Waals surface area contributed by atoms with E-state index in [1.165, 1.54) is 14.2 Å². The largest absolute Gasteiger partial charge is 0.563 e. The van der Waals surface area contributed by atoms with Crippen LogP contribution in [-0.4, -0.2) is 26.9 Å². The van der Waals surface area contributed by atoms with Gasteiger partial charge in [0.05, 0.1) is 11.1 Å². The second kappa shape index (κ2) is 5.37. The van der Waals surface area contributed by atoms with Crippen molar-refractivity contribution in [2.75, 3.05) is 14.2 Å². The number of hydrogen-bond donors (Lipinski definition) is 0. The lowest BCUT2D eigenvalue weighted by Gasteiger charge is -2.16. The minimum atomic E-state index is -3.22. The minimum absolute atomic E-state index is 0.488. The maximum absolute atomic E-state index is 12.2. The molecule has 1 aliphatic rings. The third-order valence-corrected chi connectivity index (χ3v) is 5.18. The summed E-state index contributed by atoms with van der Waals surface area (Å²) in [6.07, 6.45) is 0. The summed E-state index contributed by atoms with van der Waals surface area (Å²) in [5.41, 5.74) is 0.303. The smallest absolute Gasteiger partial charge is 0.534 e. The number of hydrogen-bond acceptors (Lipinski definition) is 5. The zero-order valence-electron chi connectivity index (χ0n) is 12.1. The third kappa shape index (κ3) is 2.70. The van der Waals surface area contributed by atoms with Gasteiger partial charge in [-0.15, -0.1) is 0 Å². The van der Waals surface area contributed by atoms with E-state index in [0.29, 0.717) is 11.1 Å². The van der Waals surface area contributed by atoms with Gasteiger partial charge < -0.3 is 18.4 Å². The van der Waals surface area contributed by atoms with E-state index in [1.807, 2.05) is 13.8 Å². The maximum atomic E-state index is 12.2. The first-order valence-corrected chi connectivity index (χ1v) is 7.72. The Morgan fingerprint density at radius 2 is 1.75 bits per heavy atom. The molecule has 1 aromatic rings. The van der Waals surface area contributed by atoms with E-state index in [1.54, 1.807) is 24.3 Å². The van der Waals surface area contributed by atoms with Crippen LogP contribution < -0.4 is 10.8 Å². The molecular formula is C13H18BO5P. The Kier molecular flexibility index (Phi) is 4.12. The van der Waals surface area contributed by atoms with Crippen LogP contribution in [0.5, 0.6) is 0 Å². The van der Waals surface area contributed by atoms with E-state index in [-0.39, 0.29) is 0 Å². The van der Waals surface area contributed by atoms with Crippen molar-refractivity contribution in [3.8, 4) is 0 Å². The fourth-order valence-electron chi connectivity index (χ4n) is 1.86. The zero-order chi connectivity index (χ0) is 15.0. The average Bonchev–Trinajstić information content (AvgIpc) is 2.72. The van der Waals surface area contributed by atoms with Gasteiger partial charge in [-0.2, -0.15) is 0 Å². The van der Waals surface area contributed by atoms with Gasteiger partial charge in [-0.1, -0.05) is 18.7 Å². The fraction of sp³-hybridized carbons (Fsp3) is 0.385. The molecule has 2 rings (SSSR count). The Morgan fingerprint density at radius 3 is 2.15 bits per heavy atom. The van der Waals surface area contributed by atoms with Crippen LogP contribution in [0.4, 0.5) is 0 Å². The predicted octanol–water partition coefficient (Wildman–Crippen LogP) is 1.83. The van der Waals surface area contributed by atoms with E-state index in [4.69, 9.17) is 18.4 Å². The quantitative estimate of drug-likeness (QED) is 0.627. The fourth-order valence-corrected chi connectivity index (χ4v) is 2.95. The van der Waals surface area contributed by atoms with Crippen LogP contribution in [0.1, 0.15) is 13.8 Å². The van der Waals surface area contributed by atoms with Crippen LogP contribution in [0.3, 0.4) is 0 Å². The Hall–Kier alpha value is -1.07. The molecule has 1 fully saturated rings. The number of benzene rings is 1. The Bertz CT molecular complexity index is 546. The van der Waals surface area contributed by atoms with Gasteiger partial charge in [0.1, 0.15) is 5.60 Å². The molecule has 0 amide bonds. The van der Waals surface area contributed by atoms with Crippen LogP contribution >= 0.6 is 7.60 Å². The first-order valence-electron chi connectivity index (χ1n) is 6.18. The normalized spacial score (nSPS) is 18.2. The molecule has 0 radical (unpaired) electrons. The second-order valence-corrected chi connectivity index (χ2v) is 7.20. The molecule has 0 aromatic heterocycles. The lowest BCUT2D eigenvalue weighted by Crippen LogP contribution is -2.34. The van der Waals surface area contributed by atoms with Gasteiger partial charge in [0.15, 0.2) is 0 Å². The molecule has 1 heterocycles. The summed E-state index contributed by atoms with van der Waals surface area (Å²) >= 11 is 0. The first-order chi connectivity index (χ1) is 9.32. The molecule has 0 atom stereocenters. The third-order valence-electron chi connectivity index (χ3n) is 3.28. The Labute approximate surface area is 119 Å². The molecule has 0 N–H and O–H groups in total. The predicted molar refractivity (Wildman–Crippen MR) is 78.5 cm³/mol. The molecule has 1 aromatic carbocycles. The summed E-state index contributed by atoms with van der Waals surface area (Å²) in [5.74, 6) is 0.589. The average molecular weight is 296 g/mol. The van der Waals surface area contributed by atoms with Gasteiger partial charge in [-0.05, 0) is 31.4 Å². The summed E-state index contributed by atoms with van der Waals surface area (Å²) < 4.78 is 33.5. The summed E-state index contributed by atoms with van der Waals surface area (Å²) in [6.45, 7) is 7.63. The Morgan fingerprint density at radius 1 is 1.20 bits per heavy atom. The van der Waals surface area contributed by atoms with Gasteiger partial charge in [0, 0.05) is 14.2 Å². The summed E-state index contributed by atoms with van der Waals surface area (Å²) in [6, 6.07) is 6.92. The molecule has 0 unspecified atom stereocenters. The highest BCUT2D eigenvalue weighted by Crippen LogP contribution is 2.44. The van der Waals surface area contributed by atoms with Crippen molar-refractivity contribution in [2.45, 2.75) is 19.4 Å². The topological polar surface area (TPSA) is 54.0 Å². The molecule has 1 aliphatic heterocycles. The van der Waals surface area contributed by atoms with Crippen molar-refractivity contribution in [1.29, 1.82) is 0 Å². The zero-order valence-corrected chi connectivity index (χ0v) is 13.0. The lowest BCUT2D eigenvalue weighted by atomic mass is 9.79. The minimum Gasteiger partial charge on any atom is -0.534 e. The van der Waals surface area contributed by atoms with Gasteiger partial charge >= 0.3 is 14.7 Å². The van der Waals surface area contributed by atoms with Gasteiger partial charge in [0.25, 0.3) is 0 Å². The monoisotopic (exact) mass is 296 g/mol. The highest BCUT2D eigenvalue weighted by molar-refractivity contribution is 7.62. The highest BCUT2D eigenvalue weighted by Gasteiger charge is 2.42. The highest BCUT2D eigenvalue weighted by atomic mass is 31.2. The van der Waals surface area contributed by atoms with E-state index in [0.717, 1.165) is 5.46 Å². The van der Waals surface area contributed by atoms with Crippen LogP contribution in [-0.2, 0) is 22.9 Å². The van der Waals surface area contributed by atoms with Crippen molar-refractivity contribution in [1.82, 2.24) is 0 Å². The van der Waals surface area contributed by atoms with Crippen LogP contribution in [0.2, 0.25) is 0 Å². The van der Waals surface area contributed by atoms with E-state index in [2.05, 4.69) is 6.58 Å². The molecule has 108 valence electrons. The van der Waals surface area contributed by atoms with Crippen molar-refractivity contribution < 1.29 is 22.9 Å². The molecule has 5 nitrogen and oxygen atoms in total. The molecule has 7 heteroatoms. The van der Waals surface area contributed by atoms with Crippen LogP contribution in [0, 0.1) is 0 Å². The molecule has 0 aliphatic carbocycles. The molecular weight excluding hydrogens is 278 g/mol. The molecule has 0 saturated carbocycles. The van der Waals surface area contributed by atoms with Crippen molar-refractivity contribution >= 4 is 25.5 Å². The molecule has 0 bridgehead atoms. The maximum Gasteiger partial charge on any atom is 0.563 e. The second-order valence-electron chi connectivity index (χ2n) is 4.96. The summed E-state index contributed by atoms with van der Waals surface area (Å²) in [5, 5.41) is 0.488. The molecule has 1 saturated heterocycles. The molecule has 20 heavy (non-hydrogen) atoms. The standard InChI is InChI=1S/C13H18BO5P/c1-10-13(2,3)19-14(18-10)11-6-8-12(9-7-11)20(15,16-4)17-5/h6-9H,1H2,2-5H3. The van der Waals surface area contributed by atoms with E-state index < -0.39 is 20.3 Å². The van der Waals surface area contributed by atoms with Crippen molar-refractivity contribution in [3.05, 3.63) is 36.6 Å². The van der Waals surface area contributed by atoms with Gasteiger partial charge in [-0.25, -0.2) is 0 Å². The number of rotatable bonds is 4. The van der Waals surface area contributed by atoms with Gasteiger partial charge in [-0.3, -0.25) is 4.57 Å². The van der Waals surface area contributed by atoms with Crippen LogP contribution in [0.25, 0.3) is 0 Å². The van der Waals surface area contributed by atoms with Crippen molar-refractivity contribution in [2.24, 2.45) is 0 Å². The SMILES string of the molecule is C=C1OB(c2ccc(P(=O)(OC)OC)cc2)OC1(C)C. The summed E-state index contributed by atoms with van der Waals surface area (Å²) in [4.78, 5) is 0. The van der Waals surface area contributed by atoms with E-state index in [9.17, 15) is 4.57 Å². The van der Waals surface area contributed by atoms with Crippen LogP contribution in [0.15, 0.2) is 36.6 Å². The van der Waals surface area contributed by atoms with E-state index >= 15 is 0 Å². The first kappa shape index (κ1) is 15.3. The Balaban J connectivity index is 2.22.